The van der Waals surface area contributed by atoms with E-state index >= 15 is 0 Å². The third-order valence-corrected chi connectivity index (χ3v) is 4.02. The number of H-pyrrole nitrogens is 1. The highest BCUT2D eigenvalue weighted by molar-refractivity contribution is 5.91. The van der Waals surface area contributed by atoms with Crippen LogP contribution in [0.2, 0.25) is 0 Å². The Morgan fingerprint density at radius 2 is 1.85 bits per heavy atom. The van der Waals surface area contributed by atoms with Gasteiger partial charge in [-0.25, -0.2) is 9.59 Å². The zero-order valence-corrected chi connectivity index (χ0v) is 14.5. The number of hydrogen-bond acceptors (Lipinski definition) is 5. The van der Waals surface area contributed by atoms with Crippen molar-refractivity contribution in [1.82, 2.24) is 10.3 Å². The summed E-state index contributed by atoms with van der Waals surface area (Å²) in [6.07, 6.45) is -3.44. The maximum Gasteiger partial charge on any atom is 0.407 e. The Balaban J connectivity index is 1.89. The van der Waals surface area contributed by atoms with Crippen molar-refractivity contribution >= 4 is 12.1 Å². The number of nitrogens with one attached hydrogen (secondary N) is 2. The predicted octanol–water partition coefficient (Wildman–Crippen LogP) is 1.65. The Bertz CT molecular complexity index is 771. The normalized spacial score (nSPS) is 13.1. The molecule has 1 amide bonds. The average Bonchev–Trinajstić information content (AvgIpc) is 2.92. The molecule has 0 spiro atoms. The zero-order chi connectivity index (χ0) is 19.3. The number of aliphatic hydroxyl groups is 2. The fraction of sp³-hybridized carbons (Fsp3) is 0.333. The van der Waals surface area contributed by atoms with Crippen molar-refractivity contribution in [3.05, 3.63) is 58.4 Å². The van der Waals surface area contributed by atoms with E-state index in [2.05, 4.69) is 10.3 Å². The van der Waals surface area contributed by atoms with Gasteiger partial charge in [0.1, 0.15) is 18.8 Å². The molecule has 0 saturated heterocycles. The summed E-state index contributed by atoms with van der Waals surface area (Å²) in [4.78, 5) is 25.7. The summed E-state index contributed by atoms with van der Waals surface area (Å²) in [6, 6.07) is 9.11. The van der Waals surface area contributed by atoms with E-state index in [1.807, 2.05) is 30.3 Å². The molecule has 2 rings (SSSR count). The highest BCUT2D eigenvalue weighted by Gasteiger charge is 2.26. The summed E-state index contributed by atoms with van der Waals surface area (Å²) in [5.41, 5.74) is 1.80. The van der Waals surface area contributed by atoms with Crippen LogP contribution in [-0.4, -0.2) is 45.0 Å². The molecule has 1 aromatic heterocycles. The fourth-order valence-electron chi connectivity index (χ4n) is 2.66. The van der Waals surface area contributed by atoms with Crippen LogP contribution in [0.1, 0.15) is 39.0 Å². The van der Waals surface area contributed by atoms with E-state index in [1.165, 1.54) is 0 Å². The van der Waals surface area contributed by atoms with Crippen LogP contribution < -0.4 is 5.32 Å². The molecule has 26 heavy (non-hydrogen) atoms. The molecular formula is C18H22N2O6. The van der Waals surface area contributed by atoms with Crippen LogP contribution in [0, 0.1) is 13.8 Å². The monoisotopic (exact) mass is 362 g/mol. The lowest BCUT2D eigenvalue weighted by Gasteiger charge is -2.18. The van der Waals surface area contributed by atoms with Gasteiger partial charge >= 0.3 is 12.1 Å². The first kappa shape index (κ1) is 19.5. The van der Waals surface area contributed by atoms with Gasteiger partial charge in [0.25, 0.3) is 0 Å². The number of carbonyl (C=O) groups excluding carboxylic acids is 1. The molecule has 8 nitrogen and oxygen atoms in total. The van der Waals surface area contributed by atoms with Crippen molar-refractivity contribution in [3.8, 4) is 0 Å². The smallest absolute Gasteiger partial charge is 0.407 e. The molecule has 0 fully saturated rings. The quantitative estimate of drug-likeness (QED) is 0.509. The van der Waals surface area contributed by atoms with Crippen molar-refractivity contribution in [2.45, 2.75) is 32.7 Å². The summed E-state index contributed by atoms with van der Waals surface area (Å²) >= 11 is 0. The second kappa shape index (κ2) is 8.50. The molecule has 0 aliphatic heterocycles. The number of aromatic carboxylic acids is 1. The Morgan fingerprint density at radius 1 is 1.19 bits per heavy atom. The van der Waals surface area contributed by atoms with Gasteiger partial charge in [-0.05, 0) is 25.0 Å². The van der Waals surface area contributed by atoms with Crippen molar-refractivity contribution in [1.29, 1.82) is 0 Å². The average molecular weight is 362 g/mol. The summed E-state index contributed by atoms with van der Waals surface area (Å²) in [7, 11) is 0. The minimum atomic E-state index is -1.38. The molecule has 5 N–H and O–H groups in total. The van der Waals surface area contributed by atoms with Gasteiger partial charge in [0.05, 0.1) is 11.3 Å². The first-order valence-corrected chi connectivity index (χ1v) is 8.04. The van der Waals surface area contributed by atoms with Crippen molar-refractivity contribution in [3.63, 3.8) is 0 Å². The Labute approximate surface area is 150 Å². The van der Waals surface area contributed by atoms with Crippen LogP contribution in [0.4, 0.5) is 4.79 Å². The summed E-state index contributed by atoms with van der Waals surface area (Å²) in [5.74, 6) is -1.12. The first-order valence-electron chi connectivity index (χ1n) is 8.04. The van der Waals surface area contributed by atoms with E-state index in [1.54, 1.807) is 13.8 Å². The molecule has 2 aromatic rings. The third-order valence-electron chi connectivity index (χ3n) is 4.02. The number of hydrogen-bond donors (Lipinski definition) is 5. The van der Waals surface area contributed by atoms with Crippen LogP contribution in [0.3, 0.4) is 0 Å². The maximum absolute atomic E-state index is 11.7. The van der Waals surface area contributed by atoms with Gasteiger partial charge in [-0.1, -0.05) is 30.3 Å². The maximum atomic E-state index is 11.7. The van der Waals surface area contributed by atoms with E-state index in [0.717, 1.165) is 5.56 Å². The molecule has 2 atom stereocenters. The third kappa shape index (κ3) is 4.62. The number of amides is 1. The number of ether oxygens (including phenoxy) is 1. The molecule has 0 aliphatic rings. The van der Waals surface area contributed by atoms with Crippen LogP contribution >= 0.6 is 0 Å². The number of aromatic amines is 1. The number of alkyl carbamates (subject to hydrolysis) is 1. The molecule has 0 aliphatic carbocycles. The Hall–Kier alpha value is -2.84. The second-order valence-electron chi connectivity index (χ2n) is 5.92. The summed E-state index contributed by atoms with van der Waals surface area (Å²) in [5, 5.41) is 31.9. The van der Waals surface area contributed by atoms with Gasteiger partial charge in [-0.15, -0.1) is 0 Å². The van der Waals surface area contributed by atoms with Gasteiger partial charge in [0.2, 0.25) is 0 Å². The minimum absolute atomic E-state index is 0.0569. The van der Waals surface area contributed by atoms with Crippen LogP contribution in [0.5, 0.6) is 0 Å². The number of aliphatic hydroxyl groups excluding tert-OH is 2. The van der Waals surface area contributed by atoms with Crippen LogP contribution in [0.25, 0.3) is 0 Å². The molecule has 1 aromatic carbocycles. The van der Waals surface area contributed by atoms with Gasteiger partial charge in [0, 0.05) is 12.2 Å². The summed E-state index contributed by atoms with van der Waals surface area (Å²) in [6.45, 7) is 2.94. The van der Waals surface area contributed by atoms with E-state index in [9.17, 15) is 24.9 Å². The van der Waals surface area contributed by atoms with Gasteiger partial charge in [-0.3, -0.25) is 0 Å². The molecule has 0 saturated carbocycles. The minimum Gasteiger partial charge on any atom is -0.478 e. The van der Waals surface area contributed by atoms with Gasteiger partial charge in [-0.2, -0.15) is 0 Å². The first-order chi connectivity index (χ1) is 12.3. The van der Waals surface area contributed by atoms with Crippen molar-refractivity contribution < 1.29 is 29.6 Å². The zero-order valence-electron chi connectivity index (χ0n) is 14.5. The van der Waals surface area contributed by atoms with Crippen molar-refractivity contribution in [2.24, 2.45) is 0 Å². The molecule has 2 unspecified atom stereocenters. The highest BCUT2D eigenvalue weighted by atomic mass is 16.5. The number of carbonyl (C=O) groups is 2. The molecule has 8 heteroatoms. The lowest BCUT2D eigenvalue weighted by molar-refractivity contribution is 0.0158. The van der Waals surface area contributed by atoms with Crippen LogP contribution in [0.15, 0.2) is 30.3 Å². The van der Waals surface area contributed by atoms with E-state index in [-0.39, 0.29) is 24.4 Å². The Kier molecular flexibility index (Phi) is 6.37. The summed E-state index contributed by atoms with van der Waals surface area (Å²) < 4.78 is 5.01. The molecule has 0 bridgehead atoms. The predicted molar refractivity (Wildman–Crippen MR) is 92.8 cm³/mol. The lowest BCUT2D eigenvalue weighted by Crippen LogP contribution is -2.36. The molecular weight excluding hydrogens is 340 g/mol. The number of aryl methyl sites for hydroxylation is 1. The van der Waals surface area contributed by atoms with E-state index in [4.69, 9.17) is 4.74 Å². The largest absolute Gasteiger partial charge is 0.478 e. The fourth-order valence-corrected chi connectivity index (χ4v) is 2.66. The number of rotatable bonds is 7. The number of carboxylic acids is 1. The van der Waals surface area contributed by atoms with Crippen LogP contribution in [-0.2, 0) is 11.3 Å². The SMILES string of the molecule is Cc1[nH]c(C(O)C(O)CNC(=O)OCc2ccccc2)c(C)c1C(=O)O. The lowest BCUT2D eigenvalue weighted by atomic mass is 10.0. The Morgan fingerprint density at radius 3 is 2.42 bits per heavy atom. The number of carboxylic acid groups (broad SMARTS) is 1. The van der Waals surface area contributed by atoms with Gasteiger partial charge in [0.15, 0.2) is 0 Å². The standard InChI is InChI=1S/C18H22N2O6/c1-10-14(17(23)24)11(2)20-15(10)16(22)13(21)8-19-18(25)26-9-12-6-4-3-5-7-12/h3-7,13,16,20-22H,8-9H2,1-2H3,(H,19,25)(H,23,24). The van der Waals surface area contributed by atoms with Gasteiger partial charge < -0.3 is 30.4 Å². The number of aromatic nitrogens is 1. The molecule has 1 heterocycles. The number of benzene rings is 1. The van der Waals surface area contributed by atoms with E-state index < -0.39 is 24.3 Å². The molecule has 140 valence electrons. The van der Waals surface area contributed by atoms with Crippen molar-refractivity contribution in [2.75, 3.05) is 6.54 Å². The topological polar surface area (TPSA) is 132 Å². The second-order valence-corrected chi connectivity index (χ2v) is 5.92. The highest BCUT2D eigenvalue weighted by Crippen LogP contribution is 2.25. The molecule has 0 radical (unpaired) electrons. The van der Waals surface area contributed by atoms with E-state index in [0.29, 0.717) is 11.3 Å².